The van der Waals surface area contributed by atoms with Crippen LogP contribution in [0.3, 0.4) is 0 Å². The first-order valence-corrected chi connectivity index (χ1v) is 5.19. The van der Waals surface area contributed by atoms with E-state index in [-0.39, 0.29) is 12.8 Å². The van der Waals surface area contributed by atoms with Gasteiger partial charge in [-0.1, -0.05) is 0 Å². The Hall–Kier alpha value is -1.46. The summed E-state index contributed by atoms with van der Waals surface area (Å²) in [4.78, 5) is 0. The van der Waals surface area contributed by atoms with E-state index in [1.165, 1.54) is 0 Å². The molecule has 1 aliphatic rings. The summed E-state index contributed by atoms with van der Waals surface area (Å²) in [6, 6.07) is 3.65. The molecule has 4 N–H and O–H groups in total. The standard InChI is InChI=1S/C11H16N2O3/c1-14-9-4-7(8(13)2-3-12)5-10-11(9)16-6-15-10/h4-5,8H,2-3,6,12-13H2,1H3/t8-/m0/s1. The minimum Gasteiger partial charge on any atom is -0.493 e. The average Bonchev–Trinajstić information content (AvgIpc) is 2.75. The molecule has 88 valence electrons. The fourth-order valence-electron chi connectivity index (χ4n) is 1.71. The summed E-state index contributed by atoms with van der Waals surface area (Å²) in [6.07, 6.45) is 0.725. The Bertz CT molecular complexity index is 382. The molecule has 1 aromatic rings. The lowest BCUT2D eigenvalue weighted by Gasteiger charge is -2.13. The van der Waals surface area contributed by atoms with Crippen LogP contribution in [0.25, 0.3) is 0 Å². The van der Waals surface area contributed by atoms with E-state index in [9.17, 15) is 0 Å². The van der Waals surface area contributed by atoms with Crippen LogP contribution in [-0.4, -0.2) is 20.4 Å². The van der Waals surface area contributed by atoms with Crippen molar-refractivity contribution in [1.29, 1.82) is 0 Å². The van der Waals surface area contributed by atoms with Gasteiger partial charge < -0.3 is 25.7 Å². The molecular weight excluding hydrogens is 208 g/mol. The minimum absolute atomic E-state index is 0.103. The van der Waals surface area contributed by atoms with Crippen molar-refractivity contribution in [2.24, 2.45) is 11.5 Å². The Morgan fingerprint density at radius 3 is 2.94 bits per heavy atom. The highest BCUT2D eigenvalue weighted by atomic mass is 16.7. The van der Waals surface area contributed by atoms with Gasteiger partial charge in [0.15, 0.2) is 11.5 Å². The van der Waals surface area contributed by atoms with Gasteiger partial charge in [-0.15, -0.1) is 0 Å². The second kappa shape index (κ2) is 4.59. The summed E-state index contributed by atoms with van der Waals surface area (Å²) in [6.45, 7) is 0.777. The predicted octanol–water partition coefficient (Wildman–Crippen LogP) is 0.772. The van der Waals surface area contributed by atoms with Crippen LogP contribution >= 0.6 is 0 Å². The van der Waals surface area contributed by atoms with Crippen LogP contribution in [0.4, 0.5) is 0 Å². The zero-order valence-corrected chi connectivity index (χ0v) is 9.23. The van der Waals surface area contributed by atoms with E-state index in [1.807, 2.05) is 12.1 Å². The molecule has 16 heavy (non-hydrogen) atoms. The Balaban J connectivity index is 2.34. The van der Waals surface area contributed by atoms with Crippen LogP contribution in [0.1, 0.15) is 18.0 Å². The summed E-state index contributed by atoms with van der Waals surface area (Å²) in [7, 11) is 1.59. The summed E-state index contributed by atoms with van der Waals surface area (Å²) in [5, 5.41) is 0. The van der Waals surface area contributed by atoms with Crippen molar-refractivity contribution in [2.45, 2.75) is 12.5 Å². The van der Waals surface area contributed by atoms with Crippen molar-refractivity contribution in [3.05, 3.63) is 17.7 Å². The Kier molecular flexibility index (Phi) is 3.17. The number of ether oxygens (including phenoxy) is 3. The molecule has 0 aromatic heterocycles. The van der Waals surface area contributed by atoms with Crippen LogP contribution in [0.5, 0.6) is 17.2 Å². The third-order valence-electron chi connectivity index (χ3n) is 2.59. The normalized spacial score (nSPS) is 14.9. The third kappa shape index (κ3) is 1.91. The Labute approximate surface area is 94.3 Å². The van der Waals surface area contributed by atoms with Gasteiger partial charge in [-0.25, -0.2) is 0 Å². The lowest BCUT2D eigenvalue weighted by Crippen LogP contribution is -2.15. The van der Waals surface area contributed by atoms with Crippen LogP contribution < -0.4 is 25.7 Å². The van der Waals surface area contributed by atoms with Crippen molar-refractivity contribution < 1.29 is 14.2 Å². The molecule has 5 nitrogen and oxygen atoms in total. The topological polar surface area (TPSA) is 79.7 Å². The van der Waals surface area contributed by atoms with Gasteiger partial charge in [0, 0.05) is 6.04 Å². The van der Waals surface area contributed by atoms with E-state index in [0.717, 1.165) is 12.0 Å². The summed E-state index contributed by atoms with van der Waals surface area (Å²) in [5.41, 5.74) is 12.4. The molecule has 0 radical (unpaired) electrons. The van der Waals surface area contributed by atoms with Gasteiger partial charge >= 0.3 is 0 Å². The fraction of sp³-hybridized carbons (Fsp3) is 0.455. The van der Waals surface area contributed by atoms with Crippen LogP contribution in [0.2, 0.25) is 0 Å². The molecule has 1 heterocycles. The minimum atomic E-state index is -0.103. The smallest absolute Gasteiger partial charge is 0.231 e. The lowest BCUT2D eigenvalue weighted by atomic mass is 10.0. The van der Waals surface area contributed by atoms with Crippen molar-refractivity contribution >= 4 is 0 Å². The molecule has 5 heteroatoms. The molecule has 0 saturated carbocycles. The van der Waals surface area contributed by atoms with E-state index < -0.39 is 0 Å². The van der Waals surface area contributed by atoms with Gasteiger partial charge in [0.05, 0.1) is 7.11 Å². The first-order valence-electron chi connectivity index (χ1n) is 5.19. The highest BCUT2D eigenvalue weighted by molar-refractivity contribution is 5.55. The third-order valence-corrected chi connectivity index (χ3v) is 2.59. The first kappa shape index (κ1) is 11.0. The maximum Gasteiger partial charge on any atom is 0.231 e. The van der Waals surface area contributed by atoms with E-state index >= 15 is 0 Å². The lowest BCUT2D eigenvalue weighted by molar-refractivity contribution is 0.171. The molecular formula is C11H16N2O3. The fourth-order valence-corrected chi connectivity index (χ4v) is 1.71. The van der Waals surface area contributed by atoms with Crippen LogP contribution in [-0.2, 0) is 0 Å². The number of nitrogens with two attached hydrogens (primary N) is 2. The number of hydrogen-bond donors (Lipinski definition) is 2. The van der Waals surface area contributed by atoms with Gasteiger partial charge in [-0.2, -0.15) is 0 Å². The van der Waals surface area contributed by atoms with Crippen LogP contribution in [0.15, 0.2) is 12.1 Å². The molecule has 0 amide bonds. The van der Waals surface area contributed by atoms with Gasteiger partial charge in [-0.05, 0) is 30.7 Å². The molecule has 0 fully saturated rings. The van der Waals surface area contributed by atoms with E-state index in [0.29, 0.717) is 23.8 Å². The van der Waals surface area contributed by atoms with Gasteiger partial charge in [-0.3, -0.25) is 0 Å². The Morgan fingerprint density at radius 1 is 1.44 bits per heavy atom. The summed E-state index contributed by atoms with van der Waals surface area (Å²) < 4.78 is 15.9. The zero-order valence-electron chi connectivity index (χ0n) is 9.23. The molecule has 0 aliphatic carbocycles. The highest BCUT2D eigenvalue weighted by Crippen LogP contribution is 2.42. The van der Waals surface area contributed by atoms with Gasteiger partial charge in [0.25, 0.3) is 0 Å². The van der Waals surface area contributed by atoms with Crippen LogP contribution in [0, 0.1) is 0 Å². The number of rotatable bonds is 4. The first-order chi connectivity index (χ1) is 7.76. The Morgan fingerprint density at radius 2 is 2.25 bits per heavy atom. The average molecular weight is 224 g/mol. The molecule has 0 saturated heterocycles. The molecule has 0 spiro atoms. The molecule has 2 rings (SSSR count). The van der Waals surface area contributed by atoms with E-state index in [1.54, 1.807) is 7.11 Å². The molecule has 0 bridgehead atoms. The van der Waals surface area contributed by atoms with E-state index in [4.69, 9.17) is 25.7 Å². The highest BCUT2D eigenvalue weighted by Gasteiger charge is 2.21. The second-order valence-electron chi connectivity index (χ2n) is 3.64. The number of hydrogen-bond acceptors (Lipinski definition) is 5. The van der Waals surface area contributed by atoms with Crippen molar-refractivity contribution in [3.63, 3.8) is 0 Å². The number of fused-ring (bicyclic) bond motifs is 1. The quantitative estimate of drug-likeness (QED) is 0.789. The van der Waals surface area contributed by atoms with Gasteiger partial charge in [0.1, 0.15) is 0 Å². The predicted molar refractivity (Wildman–Crippen MR) is 59.7 cm³/mol. The second-order valence-corrected chi connectivity index (χ2v) is 3.64. The molecule has 1 aliphatic heterocycles. The monoisotopic (exact) mass is 224 g/mol. The number of methoxy groups -OCH3 is 1. The van der Waals surface area contributed by atoms with Crippen molar-refractivity contribution in [1.82, 2.24) is 0 Å². The van der Waals surface area contributed by atoms with E-state index in [2.05, 4.69) is 0 Å². The SMILES string of the molecule is COc1cc([C@@H](N)CCN)cc2c1OCO2. The summed E-state index contributed by atoms with van der Waals surface area (Å²) >= 11 is 0. The zero-order chi connectivity index (χ0) is 11.5. The molecule has 1 aromatic carbocycles. The number of benzene rings is 1. The molecule has 0 unspecified atom stereocenters. The van der Waals surface area contributed by atoms with Crippen molar-refractivity contribution in [2.75, 3.05) is 20.4 Å². The maximum absolute atomic E-state index is 5.99. The largest absolute Gasteiger partial charge is 0.493 e. The molecule has 1 atom stereocenters. The maximum atomic E-state index is 5.99. The van der Waals surface area contributed by atoms with Gasteiger partial charge in [0.2, 0.25) is 12.5 Å². The summed E-state index contributed by atoms with van der Waals surface area (Å²) in [5.74, 6) is 1.98. The van der Waals surface area contributed by atoms with Crippen molar-refractivity contribution in [3.8, 4) is 17.2 Å².